The fraction of sp³-hybridized carbons (Fsp3) is 0.267. The van der Waals surface area contributed by atoms with Gasteiger partial charge in [0.05, 0.1) is 6.20 Å². The molecule has 2 rings (SSSR count). The highest BCUT2D eigenvalue weighted by Gasteiger charge is 2.02. The van der Waals surface area contributed by atoms with Crippen LogP contribution in [-0.2, 0) is 13.2 Å². The molecule has 18 heavy (non-hydrogen) atoms. The van der Waals surface area contributed by atoms with Crippen molar-refractivity contribution < 1.29 is 4.74 Å². The van der Waals surface area contributed by atoms with Gasteiger partial charge in [0.15, 0.2) is 0 Å². The normalized spacial score (nSPS) is 10.3. The molecule has 0 spiro atoms. The first-order valence-corrected chi connectivity index (χ1v) is 6.06. The van der Waals surface area contributed by atoms with Crippen molar-refractivity contribution in [2.45, 2.75) is 20.1 Å². The van der Waals surface area contributed by atoms with Crippen LogP contribution in [-0.4, -0.2) is 12.0 Å². The first-order chi connectivity index (χ1) is 8.79. The van der Waals surface area contributed by atoms with Crippen LogP contribution in [0.3, 0.4) is 0 Å². The molecule has 0 aliphatic heterocycles. The molecule has 94 valence electrons. The predicted molar refractivity (Wildman–Crippen MR) is 72.5 cm³/mol. The molecule has 0 radical (unpaired) electrons. The third-order valence-electron chi connectivity index (χ3n) is 2.76. The van der Waals surface area contributed by atoms with Gasteiger partial charge in [-0.25, -0.2) is 0 Å². The lowest BCUT2D eigenvalue weighted by Crippen LogP contribution is -2.09. The van der Waals surface area contributed by atoms with Crippen LogP contribution in [0.1, 0.15) is 16.8 Å². The molecule has 0 saturated heterocycles. The third-order valence-corrected chi connectivity index (χ3v) is 2.76. The van der Waals surface area contributed by atoms with Gasteiger partial charge in [-0.05, 0) is 37.2 Å². The molecular weight excluding hydrogens is 224 g/mol. The number of hydrogen-bond acceptors (Lipinski definition) is 3. The molecule has 0 amide bonds. The number of nitrogens with zero attached hydrogens (tertiary/aromatic N) is 1. The Labute approximate surface area is 108 Å². The van der Waals surface area contributed by atoms with Crippen molar-refractivity contribution in [3.05, 3.63) is 59.4 Å². The molecule has 1 aromatic heterocycles. The summed E-state index contributed by atoms with van der Waals surface area (Å²) in [6, 6.07) is 12.2. The maximum atomic E-state index is 5.74. The van der Waals surface area contributed by atoms with Gasteiger partial charge in [0.2, 0.25) is 0 Å². The standard InChI is InChI=1S/C15H18N2O/c1-12-7-8-15(10-17-12)18-11-14-6-4-3-5-13(14)9-16-2/h3-8,10,16H,9,11H2,1-2H3. The number of benzene rings is 1. The highest BCUT2D eigenvalue weighted by molar-refractivity contribution is 5.27. The predicted octanol–water partition coefficient (Wildman–Crippen LogP) is 2.69. The van der Waals surface area contributed by atoms with Crippen LogP contribution in [0.25, 0.3) is 0 Å². The summed E-state index contributed by atoms with van der Waals surface area (Å²) in [4.78, 5) is 4.21. The summed E-state index contributed by atoms with van der Waals surface area (Å²) in [5.74, 6) is 0.805. The van der Waals surface area contributed by atoms with E-state index < -0.39 is 0 Å². The summed E-state index contributed by atoms with van der Waals surface area (Å²) >= 11 is 0. The summed E-state index contributed by atoms with van der Waals surface area (Å²) in [5.41, 5.74) is 3.46. The molecular formula is C15H18N2O. The van der Waals surface area contributed by atoms with Crippen molar-refractivity contribution in [1.29, 1.82) is 0 Å². The molecule has 0 bridgehead atoms. The van der Waals surface area contributed by atoms with Crippen molar-refractivity contribution in [3.8, 4) is 5.75 Å². The Balaban J connectivity index is 2.03. The number of rotatable bonds is 5. The molecule has 0 atom stereocenters. The van der Waals surface area contributed by atoms with E-state index in [1.54, 1.807) is 6.20 Å². The van der Waals surface area contributed by atoms with Crippen molar-refractivity contribution in [1.82, 2.24) is 10.3 Å². The summed E-state index contributed by atoms with van der Waals surface area (Å²) < 4.78 is 5.74. The summed E-state index contributed by atoms with van der Waals surface area (Å²) in [5, 5.41) is 3.16. The van der Waals surface area contributed by atoms with Gasteiger partial charge in [0.1, 0.15) is 12.4 Å². The van der Waals surface area contributed by atoms with Crippen LogP contribution in [0.15, 0.2) is 42.6 Å². The minimum Gasteiger partial charge on any atom is -0.487 e. The van der Waals surface area contributed by atoms with Crippen molar-refractivity contribution >= 4 is 0 Å². The van der Waals surface area contributed by atoms with Crippen molar-refractivity contribution in [3.63, 3.8) is 0 Å². The number of nitrogens with one attached hydrogen (secondary N) is 1. The fourth-order valence-electron chi connectivity index (χ4n) is 1.76. The first-order valence-electron chi connectivity index (χ1n) is 6.06. The lowest BCUT2D eigenvalue weighted by atomic mass is 10.1. The van der Waals surface area contributed by atoms with E-state index in [0.29, 0.717) is 6.61 Å². The lowest BCUT2D eigenvalue weighted by Gasteiger charge is -2.10. The second kappa shape index (κ2) is 6.17. The Morgan fingerprint density at radius 3 is 2.56 bits per heavy atom. The zero-order chi connectivity index (χ0) is 12.8. The molecule has 3 heteroatoms. The van der Waals surface area contributed by atoms with E-state index >= 15 is 0 Å². The molecule has 0 aliphatic rings. The Morgan fingerprint density at radius 1 is 1.11 bits per heavy atom. The average Bonchev–Trinajstić information content (AvgIpc) is 2.40. The number of pyridine rings is 1. The SMILES string of the molecule is CNCc1ccccc1COc1ccc(C)nc1. The van der Waals surface area contributed by atoms with Gasteiger partial charge >= 0.3 is 0 Å². The summed E-state index contributed by atoms with van der Waals surface area (Å²) in [6.07, 6.45) is 1.76. The molecule has 2 aromatic rings. The van der Waals surface area contributed by atoms with E-state index in [2.05, 4.69) is 22.4 Å². The second-order valence-electron chi connectivity index (χ2n) is 4.22. The summed E-state index contributed by atoms with van der Waals surface area (Å²) in [7, 11) is 1.95. The van der Waals surface area contributed by atoms with Crippen LogP contribution in [0.2, 0.25) is 0 Å². The molecule has 0 aliphatic carbocycles. The maximum absolute atomic E-state index is 5.74. The van der Waals surface area contributed by atoms with E-state index in [-0.39, 0.29) is 0 Å². The van der Waals surface area contributed by atoms with Gasteiger partial charge in [-0.3, -0.25) is 4.98 Å². The van der Waals surface area contributed by atoms with E-state index in [0.717, 1.165) is 18.0 Å². The zero-order valence-corrected chi connectivity index (χ0v) is 10.8. The largest absolute Gasteiger partial charge is 0.487 e. The smallest absolute Gasteiger partial charge is 0.138 e. The third kappa shape index (κ3) is 3.31. The first kappa shape index (κ1) is 12.6. The highest BCUT2D eigenvalue weighted by atomic mass is 16.5. The monoisotopic (exact) mass is 242 g/mol. The van der Waals surface area contributed by atoms with Gasteiger partial charge in [-0.1, -0.05) is 24.3 Å². The number of aryl methyl sites for hydroxylation is 1. The molecule has 3 nitrogen and oxygen atoms in total. The highest BCUT2D eigenvalue weighted by Crippen LogP contribution is 2.14. The fourth-order valence-corrected chi connectivity index (χ4v) is 1.76. The molecule has 0 unspecified atom stereocenters. The lowest BCUT2D eigenvalue weighted by molar-refractivity contribution is 0.303. The van der Waals surface area contributed by atoms with Gasteiger partial charge in [-0.15, -0.1) is 0 Å². The minimum atomic E-state index is 0.572. The number of aromatic nitrogens is 1. The van der Waals surface area contributed by atoms with Gasteiger partial charge in [0.25, 0.3) is 0 Å². The molecule has 0 saturated carbocycles. The number of hydrogen-bond donors (Lipinski definition) is 1. The molecule has 1 heterocycles. The van der Waals surface area contributed by atoms with Crippen LogP contribution in [0.4, 0.5) is 0 Å². The van der Waals surface area contributed by atoms with Crippen LogP contribution < -0.4 is 10.1 Å². The van der Waals surface area contributed by atoms with Crippen LogP contribution in [0, 0.1) is 6.92 Å². The Kier molecular flexibility index (Phi) is 4.31. The Morgan fingerprint density at radius 2 is 1.89 bits per heavy atom. The van der Waals surface area contributed by atoms with Crippen molar-refractivity contribution in [2.24, 2.45) is 0 Å². The minimum absolute atomic E-state index is 0.572. The quantitative estimate of drug-likeness (QED) is 0.875. The van der Waals surface area contributed by atoms with Crippen LogP contribution in [0.5, 0.6) is 5.75 Å². The van der Waals surface area contributed by atoms with Gasteiger partial charge < -0.3 is 10.1 Å². The van der Waals surface area contributed by atoms with E-state index in [9.17, 15) is 0 Å². The van der Waals surface area contributed by atoms with E-state index in [1.807, 2.05) is 38.2 Å². The Hall–Kier alpha value is -1.87. The van der Waals surface area contributed by atoms with Crippen molar-refractivity contribution in [2.75, 3.05) is 7.05 Å². The number of ether oxygens (including phenoxy) is 1. The van der Waals surface area contributed by atoms with E-state index in [1.165, 1.54) is 11.1 Å². The second-order valence-corrected chi connectivity index (χ2v) is 4.22. The topological polar surface area (TPSA) is 34.1 Å². The van der Waals surface area contributed by atoms with Gasteiger partial charge in [0, 0.05) is 12.2 Å². The maximum Gasteiger partial charge on any atom is 0.138 e. The molecule has 0 fully saturated rings. The molecule has 1 aromatic carbocycles. The van der Waals surface area contributed by atoms with Gasteiger partial charge in [-0.2, -0.15) is 0 Å². The van der Waals surface area contributed by atoms with Crippen LogP contribution >= 0.6 is 0 Å². The summed E-state index contributed by atoms with van der Waals surface area (Å²) in [6.45, 7) is 3.39. The molecule has 1 N–H and O–H groups in total. The average molecular weight is 242 g/mol. The Bertz CT molecular complexity index is 494. The van der Waals surface area contributed by atoms with E-state index in [4.69, 9.17) is 4.74 Å². The zero-order valence-electron chi connectivity index (χ0n) is 10.8.